The summed E-state index contributed by atoms with van der Waals surface area (Å²) in [5.41, 5.74) is 1.12. The molecule has 4 nitrogen and oxygen atoms in total. The Kier molecular flexibility index (Phi) is 5.89. The minimum Gasteiger partial charge on any atom is -0.481 e. The number of nitrogens with zero attached hydrogens (tertiary/aromatic N) is 2. The zero-order chi connectivity index (χ0) is 15.8. The van der Waals surface area contributed by atoms with Crippen LogP contribution in [0.3, 0.4) is 0 Å². The quantitative estimate of drug-likeness (QED) is 0.790. The molecule has 0 aliphatic heterocycles. The van der Waals surface area contributed by atoms with Crippen LogP contribution in [0.25, 0.3) is 0 Å². The first kappa shape index (κ1) is 15.9. The van der Waals surface area contributed by atoms with Gasteiger partial charge >= 0.3 is 0 Å². The average molecular weight is 302 g/mol. The van der Waals surface area contributed by atoms with Crippen molar-refractivity contribution in [2.45, 2.75) is 13.3 Å². The van der Waals surface area contributed by atoms with E-state index in [0.717, 1.165) is 12.0 Å². The van der Waals surface area contributed by atoms with Gasteiger partial charge < -0.3 is 9.64 Å². The first-order valence-corrected chi connectivity index (χ1v) is 7.24. The van der Waals surface area contributed by atoms with Gasteiger partial charge in [0.25, 0.3) is 5.91 Å². The Bertz CT molecular complexity index is 605. The number of ether oxygens (including phenoxy) is 1. The SMILES string of the molecule is CCN(CCc1ccncc1)C(=O)COc1ccccc1F. The van der Waals surface area contributed by atoms with Gasteiger partial charge in [-0.15, -0.1) is 0 Å². The monoisotopic (exact) mass is 302 g/mol. The number of benzene rings is 1. The van der Waals surface area contributed by atoms with Gasteiger partial charge in [0.1, 0.15) is 0 Å². The van der Waals surface area contributed by atoms with Gasteiger partial charge in [0.15, 0.2) is 18.2 Å². The Morgan fingerprint density at radius 1 is 1.23 bits per heavy atom. The second-order valence-corrected chi connectivity index (χ2v) is 4.80. The molecular formula is C17H19FN2O2. The van der Waals surface area contributed by atoms with Crippen LogP contribution < -0.4 is 4.74 Å². The number of carbonyl (C=O) groups excluding carboxylic acids is 1. The lowest BCUT2D eigenvalue weighted by Crippen LogP contribution is -2.36. The van der Waals surface area contributed by atoms with Crippen molar-refractivity contribution in [2.75, 3.05) is 19.7 Å². The van der Waals surface area contributed by atoms with E-state index in [9.17, 15) is 9.18 Å². The van der Waals surface area contributed by atoms with Crippen LogP contribution in [0.5, 0.6) is 5.75 Å². The number of rotatable bonds is 7. The van der Waals surface area contributed by atoms with Gasteiger partial charge in [-0.25, -0.2) is 4.39 Å². The first-order valence-electron chi connectivity index (χ1n) is 7.24. The van der Waals surface area contributed by atoms with E-state index in [-0.39, 0.29) is 18.3 Å². The van der Waals surface area contributed by atoms with Crippen molar-refractivity contribution in [3.8, 4) is 5.75 Å². The second kappa shape index (κ2) is 8.12. The summed E-state index contributed by atoms with van der Waals surface area (Å²) >= 11 is 0. The Hall–Kier alpha value is -2.43. The van der Waals surface area contributed by atoms with Crippen molar-refractivity contribution in [2.24, 2.45) is 0 Å². The Labute approximate surface area is 129 Å². The highest BCUT2D eigenvalue weighted by molar-refractivity contribution is 5.77. The normalized spacial score (nSPS) is 10.3. The maximum atomic E-state index is 13.4. The Morgan fingerprint density at radius 2 is 1.95 bits per heavy atom. The van der Waals surface area contributed by atoms with Gasteiger partial charge in [0, 0.05) is 25.5 Å². The summed E-state index contributed by atoms with van der Waals surface area (Å²) in [7, 11) is 0. The molecule has 0 bridgehead atoms. The second-order valence-electron chi connectivity index (χ2n) is 4.80. The lowest BCUT2D eigenvalue weighted by atomic mass is 10.2. The van der Waals surface area contributed by atoms with Gasteiger partial charge in [-0.1, -0.05) is 12.1 Å². The zero-order valence-corrected chi connectivity index (χ0v) is 12.5. The Balaban J connectivity index is 1.85. The molecule has 2 aromatic rings. The first-order chi connectivity index (χ1) is 10.7. The summed E-state index contributed by atoms with van der Waals surface area (Å²) in [6.45, 7) is 2.93. The fraction of sp³-hybridized carbons (Fsp3) is 0.294. The smallest absolute Gasteiger partial charge is 0.260 e. The van der Waals surface area contributed by atoms with Crippen molar-refractivity contribution in [1.82, 2.24) is 9.88 Å². The summed E-state index contributed by atoms with van der Waals surface area (Å²) in [4.78, 5) is 17.8. The van der Waals surface area contributed by atoms with Crippen LogP contribution in [0.15, 0.2) is 48.8 Å². The summed E-state index contributed by atoms with van der Waals surface area (Å²) < 4.78 is 18.7. The van der Waals surface area contributed by atoms with Gasteiger partial charge in [-0.05, 0) is 43.2 Å². The van der Waals surface area contributed by atoms with E-state index >= 15 is 0 Å². The number of para-hydroxylation sites is 1. The minimum atomic E-state index is -0.463. The number of hydrogen-bond acceptors (Lipinski definition) is 3. The van der Waals surface area contributed by atoms with Crippen LogP contribution in [-0.4, -0.2) is 35.5 Å². The number of carbonyl (C=O) groups is 1. The van der Waals surface area contributed by atoms with Crippen LogP contribution in [0, 0.1) is 5.82 Å². The molecule has 22 heavy (non-hydrogen) atoms. The average Bonchev–Trinajstić information content (AvgIpc) is 2.55. The van der Waals surface area contributed by atoms with Gasteiger partial charge in [-0.3, -0.25) is 9.78 Å². The molecule has 116 valence electrons. The molecule has 0 saturated heterocycles. The van der Waals surface area contributed by atoms with Gasteiger partial charge in [-0.2, -0.15) is 0 Å². The molecule has 1 aromatic carbocycles. The zero-order valence-electron chi connectivity index (χ0n) is 12.5. The van der Waals surface area contributed by atoms with Crippen molar-refractivity contribution >= 4 is 5.91 Å². The molecule has 2 rings (SSSR count). The minimum absolute atomic E-state index is 0.0982. The predicted octanol–water partition coefficient (Wildman–Crippen LogP) is 2.69. The van der Waals surface area contributed by atoms with Crippen LogP contribution in [0.1, 0.15) is 12.5 Å². The Morgan fingerprint density at radius 3 is 2.64 bits per heavy atom. The number of likely N-dealkylation sites (N-methyl/N-ethyl adjacent to an activating group) is 1. The standard InChI is InChI=1S/C17H19FN2O2/c1-2-20(12-9-14-7-10-19-11-8-14)17(21)13-22-16-6-4-3-5-15(16)18/h3-8,10-11H,2,9,12-13H2,1H3. The lowest BCUT2D eigenvalue weighted by molar-refractivity contribution is -0.133. The number of pyridine rings is 1. The van der Waals surface area contributed by atoms with E-state index in [1.807, 2.05) is 19.1 Å². The largest absolute Gasteiger partial charge is 0.481 e. The third-order valence-corrected chi connectivity index (χ3v) is 3.34. The number of hydrogen-bond donors (Lipinski definition) is 0. The van der Waals surface area contributed by atoms with E-state index in [4.69, 9.17) is 4.74 Å². The van der Waals surface area contributed by atoms with E-state index < -0.39 is 5.82 Å². The van der Waals surface area contributed by atoms with E-state index in [0.29, 0.717) is 13.1 Å². The van der Waals surface area contributed by atoms with Gasteiger partial charge in [0.05, 0.1) is 0 Å². The van der Waals surface area contributed by atoms with Gasteiger partial charge in [0.2, 0.25) is 0 Å². The molecular weight excluding hydrogens is 283 g/mol. The molecule has 0 aliphatic rings. The number of aromatic nitrogens is 1. The molecule has 1 heterocycles. The fourth-order valence-electron chi connectivity index (χ4n) is 2.07. The molecule has 5 heteroatoms. The number of amides is 1. The highest BCUT2D eigenvalue weighted by atomic mass is 19.1. The molecule has 1 amide bonds. The third-order valence-electron chi connectivity index (χ3n) is 3.34. The maximum absolute atomic E-state index is 13.4. The summed E-state index contributed by atoms with van der Waals surface area (Å²) in [5.74, 6) is -0.518. The lowest BCUT2D eigenvalue weighted by Gasteiger charge is -2.21. The highest BCUT2D eigenvalue weighted by Gasteiger charge is 2.13. The van der Waals surface area contributed by atoms with Crippen molar-refractivity contribution in [3.63, 3.8) is 0 Å². The molecule has 0 fully saturated rings. The molecule has 0 atom stereocenters. The van der Waals surface area contributed by atoms with E-state index in [2.05, 4.69) is 4.98 Å². The van der Waals surface area contributed by atoms with Crippen LogP contribution in [0.2, 0.25) is 0 Å². The van der Waals surface area contributed by atoms with Crippen molar-refractivity contribution in [1.29, 1.82) is 0 Å². The summed E-state index contributed by atoms with van der Waals surface area (Å²) in [5, 5.41) is 0. The molecule has 0 radical (unpaired) electrons. The summed E-state index contributed by atoms with van der Waals surface area (Å²) in [6.07, 6.45) is 4.21. The van der Waals surface area contributed by atoms with Crippen LogP contribution in [-0.2, 0) is 11.2 Å². The van der Waals surface area contributed by atoms with Crippen LogP contribution in [0.4, 0.5) is 4.39 Å². The van der Waals surface area contributed by atoms with E-state index in [1.54, 1.807) is 29.4 Å². The predicted molar refractivity (Wildman–Crippen MR) is 82.1 cm³/mol. The number of halogens is 1. The topological polar surface area (TPSA) is 42.4 Å². The summed E-state index contributed by atoms with van der Waals surface area (Å²) in [6, 6.07) is 9.92. The van der Waals surface area contributed by atoms with E-state index in [1.165, 1.54) is 12.1 Å². The molecule has 0 aliphatic carbocycles. The van der Waals surface area contributed by atoms with Crippen LogP contribution >= 0.6 is 0 Å². The third kappa shape index (κ3) is 4.55. The maximum Gasteiger partial charge on any atom is 0.260 e. The van der Waals surface area contributed by atoms with Crippen molar-refractivity contribution in [3.05, 3.63) is 60.2 Å². The molecule has 1 aromatic heterocycles. The molecule has 0 N–H and O–H groups in total. The van der Waals surface area contributed by atoms with Crippen molar-refractivity contribution < 1.29 is 13.9 Å². The highest BCUT2D eigenvalue weighted by Crippen LogP contribution is 2.15. The molecule has 0 saturated carbocycles. The molecule has 0 spiro atoms. The fourth-order valence-corrected chi connectivity index (χ4v) is 2.07. The molecule has 0 unspecified atom stereocenters.